The van der Waals surface area contributed by atoms with Crippen LogP contribution in [0.15, 0.2) is 41.4 Å². The summed E-state index contributed by atoms with van der Waals surface area (Å²) in [5.41, 5.74) is 2.72. The maximum atomic E-state index is 5.18. The third-order valence-electron chi connectivity index (χ3n) is 2.71. The number of hydrogen-bond acceptors (Lipinski definition) is 3. The zero-order valence-corrected chi connectivity index (χ0v) is 10.7. The molecule has 0 aliphatic carbocycles. The summed E-state index contributed by atoms with van der Waals surface area (Å²) in [4.78, 5) is 9.82. The van der Waals surface area contributed by atoms with Crippen molar-refractivity contribution in [3.05, 3.63) is 47.6 Å². The van der Waals surface area contributed by atoms with E-state index in [2.05, 4.69) is 15.3 Å². The Kier molecular flexibility index (Phi) is 2.68. The van der Waals surface area contributed by atoms with Gasteiger partial charge in [-0.05, 0) is 19.1 Å². The number of anilines is 1. The quantitative estimate of drug-likeness (QED) is 0.795. The average molecular weight is 256 g/mol. The average Bonchev–Trinajstić information content (AvgIpc) is 2.71. The van der Waals surface area contributed by atoms with Crippen molar-refractivity contribution in [3.63, 3.8) is 0 Å². The molecule has 1 aromatic heterocycles. The van der Waals surface area contributed by atoms with Crippen LogP contribution < -0.4 is 10.8 Å². The van der Waals surface area contributed by atoms with Gasteiger partial charge in [0.15, 0.2) is 0 Å². The highest BCUT2D eigenvalue weighted by Gasteiger charge is 2.15. The van der Waals surface area contributed by atoms with E-state index in [9.17, 15) is 0 Å². The predicted octanol–water partition coefficient (Wildman–Crippen LogP) is 2.18. The molecule has 0 unspecified atom stereocenters. The molecular weight excluding hydrogens is 244 g/mol. The van der Waals surface area contributed by atoms with Crippen molar-refractivity contribution < 1.29 is 0 Å². The number of rotatable bonds is 1. The van der Waals surface area contributed by atoms with Gasteiger partial charge >= 0.3 is 0 Å². The molecule has 4 nitrogen and oxygen atoms in total. The second-order valence-corrected chi connectivity index (χ2v) is 4.65. The third-order valence-corrected chi connectivity index (χ3v) is 2.94. The van der Waals surface area contributed by atoms with Gasteiger partial charge in [0.1, 0.15) is 10.5 Å². The van der Waals surface area contributed by atoms with Gasteiger partial charge in [-0.25, -0.2) is 9.98 Å². The summed E-state index contributed by atoms with van der Waals surface area (Å²) >= 11 is 5.18. The molecule has 2 heterocycles. The van der Waals surface area contributed by atoms with Crippen LogP contribution in [0.2, 0.25) is 0 Å². The second kappa shape index (κ2) is 4.34. The summed E-state index contributed by atoms with van der Waals surface area (Å²) < 4.78 is 1.99. The monoisotopic (exact) mass is 256 g/mol. The Balaban J connectivity index is 2.19. The molecular formula is C13H12N4S. The molecule has 0 fully saturated rings. The highest BCUT2D eigenvalue weighted by Crippen LogP contribution is 2.12. The van der Waals surface area contributed by atoms with Crippen LogP contribution in [0.25, 0.3) is 0 Å². The minimum absolute atomic E-state index is 0.642. The fraction of sp³-hybridized carbons (Fsp3) is 0.154. The molecule has 0 bridgehead atoms. The number of aryl methyl sites for hydroxylation is 1. The summed E-state index contributed by atoms with van der Waals surface area (Å²) in [5.74, 6) is 0.773. The number of fused-ring (bicyclic) bond motifs is 1. The molecule has 0 saturated carbocycles. The Bertz CT molecular complexity index is 673. The first-order chi connectivity index (χ1) is 8.72. The third kappa shape index (κ3) is 2.04. The second-order valence-electron chi connectivity index (χ2n) is 4.16. The minimum atomic E-state index is 0.642. The zero-order chi connectivity index (χ0) is 12.5. The van der Waals surface area contributed by atoms with Crippen molar-refractivity contribution in [2.45, 2.75) is 13.5 Å². The molecule has 18 heavy (non-hydrogen) atoms. The van der Waals surface area contributed by atoms with Gasteiger partial charge in [0.2, 0.25) is 5.95 Å². The number of nitrogens with zero attached hydrogens (tertiary/aromatic N) is 3. The molecule has 2 aromatic rings. The van der Waals surface area contributed by atoms with Gasteiger partial charge < -0.3 is 5.32 Å². The minimum Gasteiger partial charge on any atom is -0.318 e. The predicted molar refractivity (Wildman–Crippen MR) is 74.8 cm³/mol. The molecule has 5 heteroatoms. The topological polar surface area (TPSA) is 42.2 Å². The summed E-state index contributed by atoms with van der Waals surface area (Å²) in [6.45, 7) is 2.59. The van der Waals surface area contributed by atoms with E-state index in [0.29, 0.717) is 6.54 Å². The van der Waals surface area contributed by atoms with Gasteiger partial charge in [0, 0.05) is 11.8 Å². The van der Waals surface area contributed by atoms with E-state index in [4.69, 9.17) is 12.2 Å². The van der Waals surface area contributed by atoms with Crippen molar-refractivity contribution in [1.82, 2.24) is 9.55 Å². The first-order valence-corrected chi connectivity index (χ1v) is 6.11. The maximum absolute atomic E-state index is 5.18. The molecule has 1 aliphatic rings. The van der Waals surface area contributed by atoms with Gasteiger partial charge in [0.05, 0.1) is 12.2 Å². The van der Waals surface area contributed by atoms with Gasteiger partial charge in [-0.1, -0.05) is 30.4 Å². The standard InChI is InChI=1S/C13H12N4S/c1-9-7-11(15-10-5-3-2-4-6-10)17-8-12(18)16-13(17)14-9/h2-7H,8H2,1H3,(H,14,16,18). The maximum Gasteiger partial charge on any atom is 0.209 e. The zero-order valence-electron chi connectivity index (χ0n) is 9.92. The van der Waals surface area contributed by atoms with Gasteiger partial charge in [-0.15, -0.1) is 0 Å². The highest BCUT2D eigenvalue weighted by molar-refractivity contribution is 7.80. The van der Waals surface area contributed by atoms with Gasteiger partial charge in [-0.3, -0.25) is 4.57 Å². The molecule has 0 spiro atoms. The lowest BCUT2D eigenvalue weighted by atomic mass is 10.3. The van der Waals surface area contributed by atoms with Gasteiger partial charge in [-0.2, -0.15) is 0 Å². The molecule has 0 saturated heterocycles. The molecule has 0 atom stereocenters. The van der Waals surface area contributed by atoms with E-state index in [1.807, 2.05) is 47.9 Å². The Morgan fingerprint density at radius 1 is 1.33 bits per heavy atom. The molecule has 0 amide bonds. The largest absolute Gasteiger partial charge is 0.318 e. The number of nitrogens with one attached hydrogen (secondary N) is 1. The van der Waals surface area contributed by atoms with Crippen LogP contribution in [-0.2, 0) is 6.54 Å². The van der Waals surface area contributed by atoms with Crippen LogP contribution in [0, 0.1) is 6.92 Å². The van der Waals surface area contributed by atoms with Crippen molar-refractivity contribution in [3.8, 4) is 0 Å². The number of hydrogen-bond donors (Lipinski definition) is 1. The number of aromatic nitrogens is 2. The van der Waals surface area contributed by atoms with E-state index in [1.54, 1.807) is 0 Å². The Labute approximate surface area is 110 Å². The lowest BCUT2D eigenvalue weighted by Gasteiger charge is -2.04. The van der Waals surface area contributed by atoms with Crippen LogP contribution >= 0.6 is 12.2 Å². The molecule has 0 radical (unpaired) electrons. The summed E-state index contributed by atoms with van der Waals surface area (Å²) in [5, 5.41) is 3.09. The lowest BCUT2D eigenvalue weighted by molar-refractivity contribution is 0.801. The van der Waals surface area contributed by atoms with E-state index in [0.717, 1.165) is 27.8 Å². The van der Waals surface area contributed by atoms with Crippen LogP contribution in [0.3, 0.4) is 0 Å². The highest BCUT2D eigenvalue weighted by atomic mass is 32.1. The Hall–Kier alpha value is -2.01. The fourth-order valence-electron chi connectivity index (χ4n) is 1.92. The molecule has 1 aliphatic heterocycles. The van der Waals surface area contributed by atoms with Gasteiger partial charge in [0.25, 0.3) is 0 Å². The van der Waals surface area contributed by atoms with Crippen molar-refractivity contribution in [2.24, 2.45) is 4.99 Å². The van der Waals surface area contributed by atoms with E-state index in [-0.39, 0.29) is 0 Å². The van der Waals surface area contributed by atoms with Crippen LogP contribution in [0.1, 0.15) is 5.69 Å². The normalized spacial score (nSPS) is 14.5. The molecule has 3 rings (SSSR count). The number of thiocarbonyl (C=S) groups is 1. The molecule has 1 N–H and O–H groups in total. The fourth-order valence-corrected chi connectivity index (χ4v) is 2.14. The number of para-hydroxylation sites is 1. The van der Waals surface area contributed by atoms with Crippen molar-refractivity contribution >= 4 is 28.8 Å². The SMILES string of the molecule is Cc1cc(=Nc2ccccc2)n2c(n1)NC(=S)C2. The smallest absolute Gasteiger partial charge is 0.209 e. The molecule has 90 valence electrons. The van der Waals surface area contributed by atoms with Crippen LogP contribution in [0.5, 0.6) is 0 Å². The number of benzene rings is 1. The van der Waals surface area contributed by atoms with Crippen LogP contribution in [0.4, 0.5) is 11.6 Å². The Morgan fingerprint density at radius 3 is 2.89 bits per heavy atom. The summed E-state index contributed by atoms with van der Waals surface area (Å²) in [7, 11) is 0. The summed E-state index contributed by atoms with van der Waals surface area (Å²) in [6.07, 6.45) is 0. The van der Waals surface area contributed by atoms with E-state index >= 15 is 0 Å². The van der Waals surface area contributed by atoms with Crippen molar-refractivity contribution in [1.29, 1.82) is 0 Å². The molecule has 1 aromatic carbocycles. The first-order valence-electron chi connectivity index (χ1n) is 5.70. The van der Waals surface area contributed by atoms with E-state index < -0.39 is 0 Å². The van der Waals surface area contributed by atoms with E-state index in [1.165, 1.54) is 0 Å². The Morgan fingerprint density at radius 2 is 2.11 bits per heavy atom. The van der Waals surface area contributed by atoms with Crippen molar-refractivity contribution in [2.75, 3.05) is 5.32 Å². The lowest BCUT2D eigenvalue weighted by Crippen LogP contribution is -2.20. The first kappa shape index (κ1) is 11.1. The van der Waals surface area contributed by atoms with Crippen LogP contribution in [-0.4, -0.2) is 14.5 Å². The summed E-state index contributed by atoms with van der Waals surface area (Å²) in [6, 6.07) is 11.8.